The van der Waals surface area contributed by atoms with Gasteiger partial charge in [-0.05, 0) is 37.7 Å². The lowest BCUT2D eigenvalue weighted by Gasteiger charge is -2.36. The molecule has 0 N–H and O–H groups in total. The van der Waals surface area contributed by atoms with Crippen molar-refractivity contribution in [3.05, 3.63) is 24.3 Å². The van der Waals surface area contributed by atoms with Gasteiger partial charge in [0.25, 0.3) is 0 Å². The van der Waals surface area contributed by atoms with Gasteiger partial charge in [0.05, 0.1) is 5.41 Å². The van der Waals surface area contributed by atoms with Crippen LogP contribution in [0.15, 0.2) is 24.3 Å². The summed E-state index contributed by atoms with van der Waals surface area (Å²) in [5, 5.41) is 0. The zero-order valence-electron chi connectivity index (χ0n) is 10.8. The van der Waals surface area contributed by atoms with Crippen LogP contribution in [0.4, 0.5) is 0 Å². The molecule has 0 aromatic carbocycles. The molecule has 1 saturated heterocycles. The highest BCUT2D eigenvalue weighted by Crippen LogP contribution is 2.54. The highest BCUT2D eigenvalue weighted by molar-refractivity contribution is 6.00. The summed E-state index contributed by atoms with van der Waals surface area (Å²) in [6.07, 6.45) is 5.25. The number of ether oxygens (including phenoxy) is 1. The molecule has 1 aliphatic heterocycles. The Bertz CT molecular complexity index is 476. The van der Waals surface area contributed by atoms with Crippen molar-refractivity contribution in [1.82, 2.24) is 0 Å². The lowest BCUT2D eigenvalue weighted by molar-refractivity contribution is -0.150. The predicted octanol–water partition coefficient (Wildman–Crippen LogP) is 2.28. The zero-order chi connectivity index (χ0) is 13.1. The topological polar surface area (TPSA) is 43.4 Å². The largest absolute Gasteiger partial charge is 0.457 e. The maximum Gasteiger partial charge on any atom is 0.334 e. The molecule has 0 amide bonds. The van der Waals surface area contributed by atoms with E-state index in [-0.39, 0.29) is 29.7 Å². The summed E-state index contributed by atoms with van der Waals surface area (Å²) in [4.78, 5) is 24.0. The lowest BCUT2D eigenvalue weighted by Crippen LogP contribution is -2.45. The summed E-state index contributed by atoms with van der Waals surface area (Å²) in [7, 11) is 0. The Labute approximate surface area is 107 Å². The third-order valence-electron chi connectivity index (χ3n) is 5.12. The van der Waals surface area contributed by atoms with Crippen LogP contribution in [0.2, 0.25) is 0 Å². The monoisotopic (exact) mass is 246 g/mol. The molecule has 3 nitrogen and oxygen atoms in total. The number of rotatable bonds is 0. The Morgan fingerprint density at radius 1 is 1.39 bits per heavy atom. The summed E-state index contributed by atoms with van der Waals surface area (Å²) in [6, 6.07) is 0. The number of allylic oxidation sites excluding steroid dienone is 2. The first-order valence-electron chi connectivity index (χ1n) is 6.58. The van der Waals surface area contributed by atoms with Gasteiger partial charge in [0.1, 0.15) is 6.10 Å². The number of hydrogen-bond acceptors (Lipinski definition) is 3. The van der Waals surface area contributed by atoms with Crippen LogP contribution < -0.4 is 0 Å². The Morgan fingerprint density at radius 3 is 2.83 bits per heavy atom. The van der Waals surface area contributed by atoms with Crippen molar-refractivity contribution >= 4 is 11.8 Å². The second kappa shape index (κ2) is 3.56. The van der Waals surface area contributed by atoms with Crippen LogP contribution in [0.5, 0.6) is 0 Å². The van der Waals surface area contributed by atoms with Crippen LogP contribution in [-0.4, -0.2) is 17.9 Å². The van der Waals surface area contributed by atoms with Crippen molar-refractivity contribution in [2.75, 3.05) is 0 Å². The summed E-state index contributed by atoms with van der Waals surface area (Å²) >= 11 is 0. The minimum atomic E-state index is -0.588. The Hall–Kier alpha value is -1.38. The minimum Gasteiger partial charge on any atom is -0.457 e. The van der Waals surface area contributed by atoms with Gasteiger partial charge in [-0.25, -0.2) is 4.79 Å². The lowest BCUT2D eigenvalue weighted by atomic mass is 9.68. The molecule has 18 heavy (non-hydrogen) atoms. The Balaban J connectivity index is 2.08. The van der Waals surface area contributed by atoms with E-state index in [0.717, 1.165) is 12.8 Å². The predicted molar refractivity (Wildman–Crippen MR) is 66.7 cm³/mol. The van der Waals surface area contributed by atoms with Gasteiger partial charge in [0, 0.05) is 11.5 Å². The highest BCUT2D eigenvalue weighted by Gasteiger charge is 2.59. The minimum absolute atomic E-state index is 0.0128. The van der Waals surface area contributed by atoms with E-state index in [1.807, 2.05) is 13.0 Å². The molecule has 5 atom stereocenters. The zero-order valence-corrected chi connectivity index (χ0v) is 10.8. The number of carbonyl (C=O) groups excluding carboxylic acids is 2. The third-order valence-corrected chi connectivity index (χ3v) is 5.12. The van der Waals surface area contributed by atoms with Crippen LogP contribution in [0, 0.1) is 23.2 Å². The third kappa shape index (κ3) is 1.25. The summed E-state index contributed by atoms with van der Waals surface area (Å²) < 4.78 is 5.49. The molecule has 3 aliphatic rings. The molecule has 0 unspecified atom stereocenters. The van der Waals surface area contributed by atoms with Gasteiger partial charge in [-0.2, -0.15) is 0 Å². The van der Waals surface area contributed by atoms with Gasteiger partial charge < -0.3 is 4.74 Å². The van der Waals surface area contributed by atoms with E-state index in [1.165, 1.54) is 0 Å². The van der Waals surface area contributed by atoms with Crippen LogP contribution in [0.3, 0.4) is 0 Å². The van der Waals surface area contributed by atoms with E-state index in [2.05, 4.69) is 13.5 Å². The second-order valence-electron chi connectivity index (χ2n) is 6.04. The molecule has 96 valence electrons. The first-order chi connectivity index (χ1) is 8.46. The number of carbonyl (C=O) groups is 2. The van der Waals surface area contributed by atoms with Gasteiger partial charge >= 0.3 is 5.97 Å². The molecule has 3 rings (SSSR count). The van der Waals surface area contributed by atoms with Crippen molar-refractivity contribution in [3.63, 3.8) is 0 Å². The van der Waals surface area contributed by atoms with Crippen molar-refractivity contribution in [2.24, 2.45) is 23.2 Å². The van der Waals surface area contributed by atoms with Crippen molar-refractivity contribution in [3.8, 4) is 0 Å². The van der Waals surface area contributed by atoms with Gasteiger partial charge in [0.2, 0.25) is 0 Å². The van der Waals surface area contributed by atoms with Crippen LogP contribution >= 0.6 is 0 Å². The first-order valence-corrected chi connectivity index (χ1v) is 6.58. The normalized spacial score (nSPS) is 46.7. The molecule has 3 heteroatoms. The number of esters is 1. The van der Waals surface area contributed by atoms with Crippen LogP contribution in [-0.2, 0) is 14.3 Å². The van der Waals surface area contributed by atoms with E-state index in [9.17, 15) is 9.59 Å². The van der Waals surface area contributed by atoms with Crippen molar-refractivity contribution in [1.29, 1.82) is 0 Å². The molecule has 0 radical (unpaired) electrons. The van der Waals surface area contributed by atoms with E-state index in [1.54, 1.807) is 6.08 Å². The highest BCUT2D eigenvalue weighted by atomic mass is 16.6. The fourth-order valence-electron chi connectivity index (χ4n) is 3.94. The van der Waals surface area contributed by atoms with Crippen molar-refractivity contribution in [2.45, 2.75) is 32.8 Å². The number of hydrogen-bond donors (Lipinski definition) is 0. The van der Waals surface area contributed by atoms with Gasteiger partial charge in [-0.15, -0.1) is 0 Å². The molecule has 0 aromatic heterocycles. The average Bonchev–Trinajstić information content (AvgIpc) is 2.75. The van der Waals surface area contributed by atoms with Crippen LogP contribution in [0.1, 0.15) is 26.7 Å². The number of fused-ring (bicyclic) bond motifs is 3. The maximum atomic E-state index is 12.3. The molecule has 2 fully saturated rings. The maximum absolute atomic E-state index is 12.3. The molecule has 0 bridgehead atoms. The SMILES string of the molecule is C=C1C(=O)O[C@H]2[C@@H]1CC[C@@H](C)[C@H]1C=CC(=O)[C@@]12C. The fraction of sp³-hybridized carbons (Fsp3) is 0.600. The van der Waals surface area contributed by atoms with Crippen LogP contribution in [0.25, 0.3) is 0 Å². The smallest absolute Gasteiger partial charge is 0.334 e. The fourth-order valence-corrected chi connectivity index (χ4v) is 3.94. The summed E-state index contributed by atoms with van der Waals surface area (Å²) in [6.45, 7) is 7.98. The summed E-state index contributed by atoms with van der Waals surface area (Å²) in [5.41, 5.74) is -0.0378. The van der Waals surface area contributed by atoms with Gasteiger partial charge in [-0.3, -0.25) is 4.79 Å². The van der Waals surface area contributed by atoms with E-state index < -0.39 is 5.41 Å². The van der Waals surface area contributed by atoms with E-state index >= 15 is 0 Å². The molecular weight excluding hydrogens is 228 g/mol. The van der Waals surface area contributed by atoms with Gasteiger partial charge in [0.15, 0.2) is 5.78 Å². The van der Waals surface area contributed by atoms with Gasteiger partial charge in [-0.1, -0.05) is 19.6 Å². The molecule has 2 aliphatic carbocycles. The number of ketones is 1. The standard InChI is InChI=1S/C15H18O3/c1-8-4-5-10-9(2)14(17)18-13(10)15(3)11(8)6-7-12(15)16/h6-8,10-11,13H,2,4-5H2,1,3H3/t8-,10-,11-,13+,15-/m1/s1. The van der Waals surface area contributed by atoms with E-state index in [4.69, 9.17) is 4.74 Å². The first kappa shape index (κ1) is 11.7. The molecule has 1 saturated carbocycles. The Morgan fingerprint density at radius 2 is 2.11 bits per heavy atom. The quantitative estimate of drug-likeness (QED) is 0.486. The molecule has 1 heterocycles. The second-order valence-corrected chi connectivity index (χ2v) is 6.04. The average molecular weight is 246 g/mol. The molecule has 0 aromatic rings. The van der Waals surface area contributed by atoms with E-state index in [0.29, 0.717) is 11.5 Å². The Kier molecular flexibility index (Phi) is 2.31. The molecular formula is C15H18O3. The van der Waals surface area contributed by atoms with Crippen molar-refractivity contribution < 1.29 is 14.3 Å². The summed E-state index contributed by atoms with van der Waals surface area (Å²) in [5.74, 6) is 0.408. The molecule has 0 spiro atoms.